The highest BCUT2D eigenvalue weighted by atomic mass is 16.1. The molecule has 0 unspecified atom stereocenters. The highest BCUT2D eigenvalue weighted by Gasteiger charge is 2.18. The van der Waals surface area contributed by atoms with E-state index in [-0.39, 0.29) is 5.78 Å². The van der Waals surface area contributed by atoms with Crippen molar-refractivity contribution in [1.29, 1.82) is 0 Å². The molecule has 0 atom stereocenters. The van der Waals surface area contributed by atoms with Gasteiger partial charge in [-0.05, 0) is 17.9 Å². The number of aromatic nitrogens is 1. The number of benzene rings is 1. The first-order valence-corrected chi connectivity index (χ1v) is 4.76. The predicted molar refractivity (Wildman–Crippen MR) is 54.4 cm³/mol. The van der Waals surface area contributed by atoms with E-state index in [1.165, 1.54) is 0 Å². The van der Waals surface area contributed by atoms with E-state index in [1.807, 2.05) is 30.5 Å². The SMILES string of the molecule is O=C1CCc2nccc3cccc1c23. The lowest BCUT2D eigenvalue weighted by molar-refractivity contribution is 0.0981. The third kappa shape index (κ3) is 0.909. The van der Waals surface area contributed by atoms with Crippen molar-refractivity contribution in [2.45, 2.75) is 12.8 Å². The summed E-state index contributed by atoms with van der Waals surface area (Å²) in [6.07, 6.45) is 3.20. The Hall–Kier alpha value is -1.70. The lowest BCUT2D eigenvalue weighted by Gasteiger charge is -2.14. The fourth-order valence-electron chi connectivity index (χ4n) is 2.09. The number of ketones is 1. The zero-order valence-electron chi connectivity index (χ0n) is 7.66. The van der Waals surface area contributed by atoms with Crippen LogP contribution >= 0.6 is 0 Å². The molecule has 0 spiro atoms. The molecule has 0 bridgehead atoms. The van der Waals surface area contributed by atoms with Gasteiger partial charge in [-0.3, -0.25) is 9.78 Å². The van der Waals surface area contributed by atoms with Crippen molar-refractivity contribution in [2.75, 3.05) is 0 Å². The number of hydrogen-bond acceptors (Lipinski definition) is 2. The molecule has 0 N–H and O–H groups in total. The first kappa shape index (κ1) is 7.68. The summed E-state index contributed by atoms with van der Waals surface area (Å²) >= 11 is 0. The summed E-state index contributed by atoms with van der Waals surface area (Å²) in [5, 5.41) is 2.19. The smallest absolute Gasteiger partial charge is 0.163 e. The summed E-state index contributed by atoms with van der Waals surface area (Å²) in [5.74, 6) is 0.246. The maximum atomic E-state index is 11.6. The van der Waals surface area contributed by atoms with Crippen LogP contribution in [0.15, 0.2) is 30.5 Å². The summed E-state index contributed by atoms with van der Waals surface area (Å²) in [7, 11) is 0. The average molecular weight is 183 g/mol. The zero-order valence-corrected chi connectivity index (χ0v) is 7.66. The Morgan fingerprint density at radius 1 is 1.14 bits per heavy atom. The molecular formula is C12H9NO. The van der Waals surface area contributed by atoms with Crippen LogP contribution in [0, 0.1) is 0 Å². The lowest BCUT2D eigenvalue weighted by Crippen LogP contribution is -2.10. The van der Waals surface area contributed by atoms with Crippen LogP contribution in [-0.2, 0) is 6.42 Å². The predicted octanol–water partition coefficient (Wildman–Crippen LogP) is 2.36. The van der Waals surface area contributed by atoms with Crippen LogP contribution in [0.1, 0.15) is 22.5 Å². The molecule has 1 aliphatic rings. The van der Waals surface area contributed by atoms with E-state index in [4.69, 9.17) is 0 Å². The number of carbonyl (C=O) groups is 1. The van der Waals surface area contributed by atoms with Crippen molar-refractivity contribution < 1.29 is 4.79 Å². The van der Waals surface area contributed by atoms with Crippen molar-refractivity contribution in [3.63, 3.8) is 0 Å². The minimum absolute atomic E-state index is 0.246. The van der Waals surface area contributed by atoms with Crippen LogP contribution in [0.25, 0.3) is 10.8 Å². The summed E-state index contributed by atoms with van der Waals surface area (Å²) in [6.45, 7) is 0. The van der Waals surface area contributed by atoms with Crippen molar-refractivity contribution in [1.82, 2.24) is 4.98 Å². The maximum Gasteiger partial charge on any atom is 0.163 e. The van der Waals surface area contributed by atoms with Crippen LogP contribution in [0.2, 0.25) is 0 Å². The van der Waals surface area contributed by atoms with E-state index in [2.05, 4.69) is 4.98 Å². The molecule has 0 saturated carbocycles. The number of carbonyl (C=O) groups excluding carboxylic acids is 1. The molecule has 0 aliphatic heterocycles. The van der Waals surface area contributed by atoms with Gasteiger partial charge >= 0.3 is 0 Å². The number of pyridine rings is 1. The molecule has 0 amide bonds. The van der Waals surface area contributed by atoms with Gasteiger partial charge in [-0.15, -0.1) is 0 Å². The molecule has 2 aromatic rings. The maximum absolute atomic E-state index is 11.6. The van der Waals surface area contributed by atoms with Crippen molar-refractivity contribution in [3.8, 4) is 0 Å². The van der Waals surface area contributed by atoms with Gasteiger partial charge in [0.15, 0.2) is 5.78 Å². The highest BCUT2D eigenvalue weighted by Crippen LogP contribution is 2.27. The third-order valence-electron chi connectivity index (χ3n) is 2.76. The van der Waals surface area contributed by atoms with Gasteiger partial charge < -0.3 is 0 Å². The van der Waals surface area contributed by atoms with E-state index < -0.39 is 0 Å². The molecule has 0 saturated heterocycles. The summed E-state index contributed by atoms with van der Waals surface area (Å²) in [6, 6.07) is 7.82. The summed E-state index contributed by atoms with van der Waals surface area (Å²) < 4.78 is 0. The second kappa shape index (κ2) is 2.64. The van der Waals surface area contributed by atoms with Crippen LogP contribution in [-0.4, -0.2) is 10.8 Å². The molecule has 1 aliphatic carbocycles. The fraction of sp³-hybridized carbons (Fsp3) is 0.167. The highest BCUT2D eigenvalue weighted by molar-refractivity contribution is 6.10. The number of Topliss-reactive ketones (excluding diaryl/α,β-unsaturated/α-hetero) is 1. The summed E-state index contributed by atoms with van der Waals surface area (Å²) in [4.78, 5) is 16.0. The molecular weight excluding hydrogens is 174 g/mol. The van der Waals surface area contributed by atoms with Gasteiger partial charge in [-0.2, -0.15) is 0 Å². The van der Waals surface area contributed by atoms with E-state index >= 15 is 0 Å². The van der Waals surface area contributed by atoms with Gasteiger partial charge in [0.2, 0.25) is 0 Å². The van der Waals surface area contributed by atoms with E-state index in [9.17, 15) is 4.79 Å². The van der Waals surface area contributed by atoms with Crippen molar-refractivity contribution in [3.05, 3.63) is 41.7 Å². The third-order valence-corrected chi connectivity index (χ3v) is 2.76. The molecule has 2 nitrogen and oxygen atoms in total. The standard InChI is InChI=1S/C12H9NO/c14-11-5-4-10-12-8(6-7-13-10)2-1-3-9(11)12/h1-3,6-7H,4-5H2. The number of aryl methyl sites for hydroxylation is 1. The molecule has 1 heterocycles. The second-order valence-corrected chi connectivity index (χ2v) is 3.58. The Balaban J connectivity index is 2.52. The van der Waals surface area contributed by atoms with Crippen LogP contribution in [0.3, 0.4) is 0 Å². The number of hydrogen-bond donors (Lipinski definition) is 0. The normalized spacial score (nSPS) is 14.7. The molecule has 0 radical (unpaired) electrons. The molecule has 2 heteroatoms. The Bertz CT molecular complexity index is 526. The quantitative estimate of drug-likeness (QED) is 0.627. The van der Waals surface area contributed by atoms with Crippen molar-refractivity contribution in [2.24, 2.45) is 0 Å². The van der Waals surface area contributed by atoms with Crippen LogP contribution < -0.4 is 0 Å². The van der Waals surface area contributed by atoms with Gasteiger partial charge in [-0.1, -0.05) is 18.2 Å². The Morgan fingerprint density at radius 2 is 2.07 bits per heavy atom. The lowest BCUT2D eigenvalue weighted by atomic mass is 9.91. The van der Waals surface area contributed by atoms with E-state index in [0.29, 0.717) is 6.42 Å². The Labute approximate surface area is 81.6 Å². The second-order valence-electron chi connectivity index (χ2n) is 3.58. The molecule has 14 heavy (non-hydrogen) atoms. The average Bonchev–Trinajstić information content (AvgIpc) is 2.24. The van der Waals surface area contributed by atoms with E-state index in [0.717, 1.165) is 28.5 Å². The molecule has 0 fully saturated rings. The Kier molecular flexibility index (Phi) is 1.45. The summed E-state index contributed by atoms with van der Waals surface area (Å²) in [5.41, 5.74) is 1.91. The molecule has 3 rings (SSSR count). The monoisotopic (exact) mass is 183 g/mol. The van der Waals surface area contributed by atoms with Gasteiger partial charge in [0.25, 0.3) is 0 Å². The zero-order chi connectivity index (χ0) is 9.54. The molecule has 1 aromatic carbocycles. The van der Waals surface area contributed by atoms with Gasteiger partial charge in [-0.25, -0.2) is 0 Å². The fourth-order valence-corrected chi connectivity index (χ4v) is 2.09. The minimum Gasteiger partial charge on any atom is -0.294 e. The molecule has 1 aromatic heterocycles. The van der Waals surface area contributed by atoms with Crippen LogP contribution in [0.5, 0.6) is 0 Å². The first-order valence-electron chi connectivity index (χ1n) is 4.76. The van der Waals surface area contributed by atoms with Gasteiger partial charge in [0, 0.05) is 29.3 Å². The van der Waals surface area contributed by atoms with Crippen molar-refractivity contribution >= 4 is 16.6 Å². The Morgan fingerprint density at radius 3 is 3.00 bits per heavy atom. The van der Waals surface area contributed by atoms with Gasteiger partial charge in [0.1, 0.15) is 0 Å². The largest absolute Gasteiger partial charge is 0.294 e. The first-order chi connectivity index (χ1) is 6.86. The van der Waals surface area contributed by atoms with Crippen LogP contribution in [0.4, 0.5) is 0 Å². The number of nitrogens with zero attached hydrogens (tertiary/aromatic N) is 1. The topological polar surface area (TPSA) is 30.0 Å². The minimum atomic E-state index is 0.246. The number of rotatable bonds is 0. The van der Waals surface area contributed by atoms with E-state index in [1.54, 1.807) is 0 Å². The molecule has 68 valence electrons. The van der Waals surface area contributed by atoms with Gasteiger partial charge in [0.05, 0.1) is 0 Å².